The number of nitrogens with one attached hydrogen (secondary N) is 2. The third-order valence-corrected chi connectivity index (χ3v) is 6.11. The monoisotopic (exact) mass is 501 g/mol. The van der Waals surface area contributed by atoms with Crippen LogP contribution in [0.2, 0.25) is 10.0 Å². The first kappa shape index (κ1) is 25.9. The summed E-state index contributed by atoms with van der Waals surface area (Å²) in [7, 11) is -2.11. The van der Waals surface area contributed by atoms with E-state index in [1.165, 1.54) is 19.2 Å². The van der Waals surface area contributed by atoms with Crippen molar-refractivity contribution in [2.75, 3.05) is 42.7 Å². The molecular formula is C21H25Cl2N3O5S. The third-order valence-electron chi connectivity index (χ3n) is 4.38. The van der Waals surface area contributed by atoms with E-state index >= 15 is 0 Å². The van der Waals surface area contributed by atoms with Gasteiger partial charge in [0.1, 0.15) is 0 Å². The van der Waals surface area contributed by atoms with Crippen molar-refractivity contribution in [2.45, 2.75) is 12.8 Å². The van der Waals surface area contributed by atoms with Crippen LogP contribution in [0.25, 0.3) is 0 Å². The molecule has 8 nitrogen and oxygen atoms in total. The molecule has 2 amide bonds. The molecule has 0 fully saturated rings. The van der Waals surface area contributed by atoms with Crippen LogP contribution in [0.15, 0.2) is 42.5 Å². The van der Waals surface area contributed by atoms with Gasteiger partial charge in [-0.25, -0.2) is 8.42 Å². The van der Waals surface area contributed by atoms with Gasteiger partial charge in [0.2, 0.25) is 15.9 Å². The summed E-state index contributed by atoms with van der Waals surface area (Å²) in [4.78, 5) is 24.8. The van der Waals surface area contributed by atoms with Gasteiger partial charge < -0.3 is 15.4 Å². The Bertz CT molecular complexity index is 1060. The lowest BCUT2D eigenvalue weighted by Gasteiger charge is -2.23. The molecule has 0 aliphatic rings. The number of para-hydroxylation sites is 1. The van der Waals surface area contributed by atoms with Crippen LogP contribution in [0.3, 0.4) is 0 Å². The Morgan fingerprint density at radius 1 is 1.12 bits per heavy atom. The summed E-state index contributed by atoms with van der Waals surface area (Å²) in [5, 5.41) is 5.99. The molecule has 174 valence electrons. The first-order chi connectivity index (χ1) is 15.1. The van der Waals surface area contributed by atoms with E-state index in [0.29, 0.717) is 29.4 Å². The predicted molar refractivity (Wildman–Crippen MR) is 127 cm³/mol. The molecule has 0 aliphatic carbocycles. The van der Waals surface area contributed by atoms with Gasteiger partial charge in [-0.2, -0.15) is 0 Å². The maximum Gasteiger partial charge on any atom is 0.253 e. The highest BCUT2D eigenvalue weighted by atomic mass is 35.5. The van der Waals surface area contributed by atoms with E-state index < -0.39 is 10.0 Å². The first-order valence-corrected chi connectivity index (χ1v) is 12.3. The predicted octanol–water partition coefficient (Wildman–Crippen LogP) is 3.55. The number of rotatable bonds is 11. The number of sulfonamides is 1. The standard InChI is InChI=1S/C21H25Cl2N3O5S/c1-31-13-11-24-21(28)16-6-3-4-7-18(16)25-20(27)8-5-12-26(32(2,29)30)19-14-15(22)9-10-17(19)23/h3-4,6-7,9-10,14H,5,8,11-13H2,1-2H3,(H,24,28)(H,25,27). The Kier molecular flexibility index (Phi) is 9.77. The van der Waals surface area contributed by atoms with E-state index in [9.17, 15) is 18.0 Å². The number of methoxy groups -OCH3 is 1. The number of carbonyl (C=O) groups excluding carboxylic acids is 2. The van der Waals surface area contributed by atoms with Crippen molar-refractivity contribution in [2.24, 2.45) is 0 Å². The second kappa shape index (κ2) is 12.1. The van der Waals surface area contributed by atoms with Gasteiger partial charge in [0.05, 0.1) is 34.8 Å². The van der Waals surface area contributed by atoms with E-state index in [2.05, 4.69) is 10.6 Å². The van der Waals surface area contributed by atoms with E-state index in [0.717, 1.165) is 10.6 Å². The van der Waals surface area contributed by atoms with E-state index in [-0.39, 0.29) is 41.9 Å². The molecule has 0 aromatic heterocycles. The minimum absolute atomic E-state index is 0.0316. The summed E-state index contributed by atoms with van der Waals surface area (Å²) < 4.78 is 30.5. The Balaban J connectivity index is 2.02. The molecule has 0 atom stereocenters. The molecule has 2 aromatic carbocycles. The van der Waals surface area contributed by atoms with Crippen LogP contribution in [0.1, 0.15) is 23.2 Å². The van der Waals surface area contributed by atoms with Crippen LogP contribution in [0.5, 0.6) is 0 Å². The summed E-state index contributed by atoms with van der Waals surface area (Å²) in [6.07, 6.45) is 1.32. The van der Waals surface area contributed by atoms with E-state index in [1.54, 1.807) is 30.3 Å². The Morgan fingerprint density at radius 2 is 1.84 bits per heavy atom. The molecule has 2 aromatic rings. The fourth-order valence-electron chi connectivity index (χ4n) is 2.89. The molecule has 0 heterocycles. The van der Waals surface area contributed by atoms with Gasteiger partial charge in [0, 0.05) is 31.6 Å². The maximum atomic E-state index is 12.5. The second-order valence-corrected chi connectivity index (χ2v) is 9.63. The number of carbonyl (C=O) groups is 2. The van der Waals surface area contributed by atoms with Crippen LogP contribution in [0, 0.1) is 0 Å². The largest absolute Gasteiger partial charge is 0.383 e. The summed E-state index contributed by atoms with van der Waals surface area (Å²) in [6, 6.07) is 11.2. The molecule has 0 radical (unpaired) electrons. The summed E-state index contributed by atoms with van der Waals surface area (Å²) in [5.74, 6) is -0.690. The molecular weight excluding hydrogens is 477 g/mol. The van der Waals surface area contributed by atoms with Crippen molar-refractivity contribution in [1.82, 2.24) is 5.32 Å². The number of benzene rings is 2. The highest BCUT2D eigenvalue weighted by Gasteiger charge is 2.21. The molecule has 0 spiro atoms. The molecule has 0 aliphatic heterocycles. The molecule has 2 rings (SSSR count). The molecule has 0 saturated heterocycles. The van der Waals surface area contributed by atoms with Crippen LogP contribution < -0.4 is 14.9 Å². The van der Waals surface area contributed by atoms with Crippen molar-refractivity contribution < 1.29 is 22.7 Å². The lowest BCUT2D eigenvalue weighted by molar-refractivity contribution is -0.116. The van der Waals surface area contributed by atoms with Gasteiger partial charge in [-0.05, 0) is 36.8 Å². The number of halogens is 2. The number of nitrogens with zero attached hydrogens (tertiary/aromatic N) is 1. The fourth-order valence-corrected chi connectivity index (χ4v) is 4.29. The molecule has 2 N–H and O–H groups in total. The number of anilines is 2. The molecule has 0 saturated carbocycles. The zero-order valence-electron chi connectivity index (χ0n) is 17.7. The molecule has 0 bridgehead atoms. The van der Waals surface area contributed by atoms with Gasteiger partial charge >= 0.3 is 0 Å². The zero-order valence-corrected chi connectivity index (χ0v) is 20.1. The lowest BCUT2D eigenvalue weighted by atomic mass is 10.1. The highest BCUT2D eigenvalue weighted by Crippen LogP contribution is 2.31. The Morgan fingerprint density at radius 3 is 2.53 bits per heavy atom. The SMILES string of the molecule is COCCNC(=O)c1ccccc1NC(=O)CCCN(c1cc(Cl)ccc1Cl)S(C)(=O)=O. The van der Waals surface area contributed by atoms with Gasteiger partial charge in [0.15, 0.2) is 0 Å². The van der Waals surface area contributed by atoms with Gasteiger partial charge in [0.25, 0.3) is 5.91 Å². The summed E-state index contributed by atoms with van der Waals surface area (Å²) in [6.45, 7) is 0.740. The quantitative estimate of drug-likeness (QED) is 0.458. The van der Waals surface area contributed by atoms with Crippen molar-refractivity contribution in [3.8, 4) is 0 Å². The maximum absolute atomic E-state index is 12.5. The minimum atomic E-state index is -3.65. The smallest absolute Gasteiger partial charge is 0.253 e. The van der Waals surface area contributed by atoms with Gasteiger partial charge in [-0.3, -0.25) is 13.9 Å². The number of hydrogen-bond donors (Lipinski definition) is 2. The normalized spacial score (nSPS) is 11.1. The highest BCUT2D eigenvalue weighted by molar-refractivity contribution is 7.92. The molecule has 32 heavy (non-hydrogen) atoms. The van der Waals surface area contributed by atoms with Crippen LogP contribution in [-0.2, 0) is 19.6 Å². The van der Waals surface area contributed by atoms with Crippen molar-refractivity contribution in [3.63, 3.8) is 0 Å². The second-order valence-electron chi connectivity index (χ2n) is 6.88. The lowest BCUT2D eigenvalue weighted by Crippen LogP contribution is -2.32. The van der Waals surface area contributed by atoms with Crippen LogP contribution in [-0.4, -0.2) is 53.3 Å². The van der Waals surface area contributed by atoms with Gasteiger partial charge in [-0.1, -0.05) is 35.3 Å². The van der Waals surface area contributed by atoms with E-state index in [4.69, 9.17) is 27.9 Å². The first-order valence-electron chi connectivity index (χ1n) is 9.72. The average Bonchev–Trinajstić information content (AvgIpc) is 2.73. The van der Waals surface area contributed by atoms with E-state index in [1.807, 2.05) is 0 Å². The van der Waals surface area contributed by atoms with Crippen molar-refractivity contribution in [3.05, 3.63) is 58.1 Å². The van der Waals surface area contributed by atoms with Crippen LogP contribution >= 0.6 is 23.2 Å². The topological polar surface area (TPSA) is 105 Å². The summed E-state index contributed by atoms with van der Waals surface area (Å²) in [5.41, 5.74) is 0.936. The number of amides is 2. The average molecular weight is 502 g/mol. The molecule has 11 heteroatoms. The van der Waals surface area contributed by atoms with Crippen molar-refractivity contribution >= 4 is 56.4 Å². The van der Waals surface area contributed by atoms with Crippen molar-refractivity contribution in [1.29, 1.82) is 0 Å². The third kappa shape index (κ3) is 7.67. The minimum Gasteiger partial charge on any atom is -0.383 e. The molecule has 0 unspecified atom stereocenters. The summed E-state index contributed by atoms with van der Waals surface area (Å²) >= 11 is 12.1. The Labute approximate surface area is 197 Å². The number of hydrogen-bond acceptors (Lipinski definition) is 5. The number of ether oxygens (including phenoxy) is 1. The zero-order chi connectivity index (χ0) is 23.7. The van der Waals surface area contributed by atoms with Crippen LogP contribution in [0.4, 0.5) is 11.4 Å². The van der Waals surface area contributed by atoms with Gasteiger partial charge in [-0.15, -0.1) is 0 Å². The fraction of sp³-hybridized carbons (Fsp3) is 0.333. The Hall–Kier alpha value is -2.33.